The maximum atomic E-state index is 12.3. The van der Waals surface area contributed by atoms with Crippen LogP contribution < -0.4 is 0 Å². The lowest BCUT2D eigenvalue weighted by molar-refractivity contribution is -0.198. The summed E-state index contributed by atoms with van der Waals surface area (Å²) < 4.78 is 23.8. The monoisotopic (exact) mass is 360 g/mol. The fraction of sp³-hybridized carbons (Fsp3) is 0.600. The molecule has 1 aromatic rings. The summed E-state index contributed by atoms with van der Waals surface area (Å²) in [6, 6.07) is 8.86. The topological polar surface area (TPSA) is 71.1 Å². The first-order chi connectivity index (χ1) is 12.4. The standard InChI is InChI=1S/C20H24O6/c1-19(2)25-17-16(14-8-9-15(21)10-14)23-11-20(17,26-19)12-24-18(22)13-6-4-3-5-7-13/h3-7,14,16-17H,8-12H2,1-2H3/t14?,16-,17-,20-/m0/s1. The fourth-order valence-electron chi connectivity index (χ4n) is 4.29. The molecule has 2 saturated heterocycles. The molecule has 3 aliphatic rings. The molecule has 0 amide bonds. The third-order valence-electron chi connectivity index (χ3n) is 5.40. The van der Waals surface area contributed by atoms with E-state index < -0.39 is 17.4 Å². The lowest BCUT2D eigenvalue weighted by atomic mass is 9.89. The number of carbonyl (C=O) groups excluding carboxylic acids is 2. The molecule has 0 N–H and O–H groups in total. The number of carbonyl (C=O) groups is 2. The van der Waals surface area contributed by atoms with E-state index in [1.807, 2.05) is 19.9 Å². The van der Waals surface area contributed by atoms with E-state index in [-0.39, 0.29) is 30.5 Å². The Morgan fingerprint density at radius 1 is 1.27 bits per heavy atom. The van der Waals surface area contributed by atoms with Crippen LogP contribution in [-0.4, -0.2) is 48.6 Å². The number of hydrogen-bond acceptors (Lipinski definition) is 6. The second kappa shape index (κ2) is 6.44. The Labute approximate surface area is 152 Å². The van der Waals surface area contributed by atoms with Crippen molar-refractivity contribution in [3.05, 3.63) is 35.9 Å². The van der Waals surface area contributed by atoms with Crippen molar-refractivity contribution in [3.8, 4) is 0 Å². The number of ether oxygens (including phenoxy) is 4. The SMILES string of the molecule is CC1(C)O[C@H]2[C@H](C3CCC(=O)C3)OC[C@@]2(COC(=O)c2ccccc2)O1. The van der Waals surface area contributed by atoms with Gasteiger partial charge in [-0.05, 0) is 38.3 Å². The van der Waals surface area contributed by atoms with E-state index in [9.17, 15) is 9.59 Å². The molecular formula is C20H24O6. The molecule has 6 nitrogen and oxygen atoms in total. The molecule has 0 spiro atoms. The van der Waals surface area contributed by atoms with Crippen LogP contribution in [0, 0.1) is 5.92 Å². The van der Waals surface area contributed by atoms with Gasteiger partial charge in [0, 0.05) is 12.8 Å². The Balaban J connectivity index is 1.49. The van der Waals surface area contributed by atoms with E-state index in [2.05, 4.69) is 0 Å². The Kier molecular flexibility index (Phi) is 4.37. The predicted octanol–water partition coefficient (Wildman–Crippen LogP) is 2.50. The summed E-state index contributed by atoms with van der Waals surface area (Å²) >= 11 is 0. The van der Waals surface area contributed by atoms with Gasteiger partial charge in [-0.2, -0.15) is 0 Å². The van der Waals surface area contributed by atoms with Crippen molar-refractivity contribution in [1.82, 2.24) is 0 Å². The van der Waals surface area contributed by atoms with Crippen molar-refractivity contribution < 1.29 is 28.5 Å². The van der Waals surface area contributed by atoms with Crippen LogP contribution in [0.3, 0.4) is 0 Å². The minimum atomic E-state index is -0.829. The molecule has 6 heteroatoms. The van der Waals surface area contributed by atoms with Crippen LogP contribution in [0.25, 0.3) is 0 Å². The lowest BCUT2D eigenvalue weighted by Gasteiger charge is -2.27. The molecule has 0 bridgehead atoms. The Bertz CT molecular complexity index is 700. The highest BCUT2D eigenvalue weighted by molar-refractivity contribution is 5.89. The van der Waals surface area contributed by atoms with Crippen LogP contribution in [0.15, 0.2) is 30.3 Å². The minimum Gasteiger partial charge on any atom is -0.459 e. The highest BCUT2D eigenvalue weighted by Crippen LogP contribution is 2.47. The highest BCUT2D eigenvalue weighted by atomic mass is 16.8. The Hall–Kier alpha value is -1.76. The first-order valence-corrected chi connectivity index (χ1v) is 9.12. The van der Waals surface area contributed by atoms with Gasteiger partial charge in [-0.3, -0.25) is 4.79 Å². The molecule has 4 rings (SSSR count). The van der Waals surface area contributed by atoms with Crippen LogP contribution in [-0.2, 0) is 23.7 Å². The molecule has 1 saturated carbocycles. The number of ketones is 1. The van der Waals surface area contributed by atoms with Crippen molar-refractivity contribution >= 4 is 11.8 Å². The maximum Gasteiger partial charge on any atom is 0.338 e. The normalized spacial score (nSPS) is 35.5. The summed E-state index contributed by atoms with van der Waals surface area (Å²) in [6.07, 6.45) is 1.36. The average Bonchev–Trinajstić information content (AvgIpc) is 3.24. The summed E-state index contributed by atoms with van der Waals surface area (Å²) in [6.45, 7) is 4.05. The Morgan fingerprint density at radius 2 is 2.04 bits per heavy atom. The number of esters is 1. The molecule has 0 aromatic heterocycles. The second-order valence-electron chi connectivity index (χ2n) is 7.86. The van der Waals surface area contributed by atoms with Gasteiger partial charge in [0.1, 0.15) is 18.5 Å². The number of Topliss-reactive ketones (excluding diaryl/α,β-unsaturated/α-hetero) is 1. The summed E-state index contributed by atoms with van der Waals surface area (Å²) in [5.41, 5.74) is -0.333. The van der Waals surface area contributed by atoms with Crippen molar-refractivity contribution in [1.29, 1.82) is 0 Å². The molecule has 3 fully saturated rings. The average molecular weight is 360 g/mol. The van der Waals surface area contributed by atoms with E-state index in [1.165, 1.54) is 0 Å². The van der Waals surface area contributed by atoms with Crippen molar-refractivity contribution in [2.45, 2.75) is 56.7 Å². The van der Waals surface area contributed by atoms with Crippen LogP contribution in [0.4, 0.5) is 0 Å². The second-order valence-corrected chi connectivity index (χ2v) is 7.86. The number of rotatable bonds is 4. The summed E-state index contributed by atoms with van der Waals surface area (Å²) in [5.74, 6) is -0.776. The quantitative estimate of drug-likeness (QED) is 0.769. The summed E-state index contributed by atoms with van der Waals surface area (Å²) in [5, 5.41) is 0. The van der Waals surface area contributed by atoms with E-state index in [1.54, 1.807) is 24.3 Å². The van der Waals surface area contributed by atoms with Gasteiger partial charge in [0.15, 0.2) is 11.4 Å². The van der Waals surface area contributed by atoms with Gasteiger partial charge in [-0.25, -0.2) is 4.79 Å². The van der Waals surface area contributed by atoms with Crippen LogP contribution in [0.5, 0.6) is 0 Å². The molecule has 26 heavy (non-hydrogen) atoms. The van der Waals surface area contributed by atoms with Crippen molar-refractivity contribution in [3.63, 3.8) is 0 Å². The van der Waals surface area contributed by atoms with Crippen molar-refractivity contribution in [2.75, 3.05) is 13.2 Å². The van der Waals surface area contributed by atoms with E-state index in [4.69, 9.17) is 18.9 Å². The maximum absolute atomic E-state index is 12.3. The molecule has 4 atom stereocenters. The zero-order valence-corrected chi connectivity index (χ0v) is 15.1. The van der Waals surface area contributed by atoms with Gasteiger partial charge in [0.25, 0.3) is 0 Å². The van der Waals surface area contributed by atoms with E-state index >= 15 is 0 Å². The molecule has 2 aliphatic heterocycles. The van der Waals surface area contributed by atoms with Gasteiger partial charge in [-0.15, -0.1) is 0 Å². The molecule has 2 heterocycles. The molecule has 1 aliphatic carbocycles. The van der Waals surface area contributed by atoms with Gasteiger partial charge in [0.05, 0.1) is 18.3 Å². The zero-order valence-electron chi connectivity index (χ0n) is 15.1. The number of benzene rings is 1. The smallest absolute Gasteiger partial charge is 0.338 e. The number of hydrogen-bond donors (Lipinski definition) is 0. The fourth-order valence-corrected chi connectivity index (χ4v) is 4.29. The largest absolute Gasteiger partial charge is 0.459 e. The van der Waals surface area contributed by atoms with Gasteiger partial charge in [-0.1, -0.05) is 18.2 Å². The molecule has 140 valence electrons. The lowest BCUT2D eigenvalue weighted by Crippen LogP contribution is -2.47. The molecule has 1 aromatic carbocycles. The zero-order chi connectivity index (χ0) is 18.4. The van der Waals surface area contributed by atoms with Gasteiger partial charge < -0.3 is 18.9 Å². The van der Waals surface area contributed by atoms with Crippen molar-refractivity contribution in [2.24, 2.45) is 5.92 Å². The van der Waals surface area contributed by atoms with E-state index in [0.29, 0.717) is 25.0 Å². The highest BCUT2D eigenvalue weighted by Gasteiger charge is 2.63. The predicted molar refractivity (Wildman–Crippen MR) is 91.6 cm³/mol. The third kappa shape index (κ3) is 3.17. The summed E-state index contributed by atoms with van der Waals surface area (Å²) in [7, 11) is 0. The third-order valence-corrected chi connectivity index (χ3v) is 5.40. The number of fused-ring (bicyclic) bond motifs is 1. The van der Waals surface area contributed by atoms with Crippen LogP contribution in [0.2, 0.25) is 0 Å². The van der Waals surface area contributed by atoms with Gasteiger partial charge in [0.2, 0.25) is 0 Å². The first-order valence-electron chi connectivity index (χ1n) is 9.12. The minimum absolute atomic E-state index is 0.0615. The molecular weight excluding hydrogens is 336 g/mol. The molecule has 1 unspecified atom stereocenters. The van der Waals surface area contributed by atoms with Gasteiger partial charge >= 0.3 is 5.97 Å². The summed E-state index contributed by atoms with van der Waals surface area (Å²) in [4.78, 5) is 24.0. The Morgan fingerprint density at radius 3 is 2.73 bits per heavy atom. The molecule has 0 radical (unpaired) electrons. The van der Waals surface area contributed by atoms with Crippen LogP contribution >= 0.6 is 0 Å². The van der Waals surface area contributed by atoms with E-state index in [0.717, 1.165) is 6.42 Å². The first kappa shape index (κ1) is 17.6. The van der Waals surface area contributed by atoms with Crippen LogP contribution in [0.1, 0.15) is 43.5 Å².